The van der Waals surface area contributed by atoms with Gasteiger partial charge in [-0.25, -0.2) is 4.79 Å². The summed E-state index contributed by atoms with van der Waals surface area (Å²) >= 11 is 3.43. The SMILES string of the molecule is Cc1ccc(C2(c3ccc(C)cc3)c3cc4c(cc3-c3sc(/C=C(\C#N)C(=O)O)cc32)C(c2ccc(C)cc2)(c2ccc(C)cc2)c2cc(-c3ccc(N(C)C)cc3)sc2-4)cc1. The van der Waals surface area contributed by atoms with Gasteiger partial charge in [0.1, 0.15) is 11.6 Å². The van der Waals surface area contributed by atoms with Crippen molar-refractivity contribution in [2.24, 2.45) is 0 Å². The van der Waals surface area contributed by atoms with Crippen molar-refractivity contribution in [1.29, 1.82) is 5.26 Å². The minimum absolute atomic E-state index is 0.287. The van der Waals surface area contributed by atoms with E-state index in [9.17, 15) is 15.2 Å². The second-order valence-electron chi connectivity index (χ2n) is 17.1. The highest BCUT2D eigenvalue weighted by Gasteiger charge is 2.53. The van der Waals surface area contributed by atoms with Crippen molar-refractivity contribution in [2.75, 3.05) is 19.0 Å². The molecule has 2 aromatic heterocycles. The highest BCUT2D eigenvalue weighted by Crippen LogP contribution is 2.65. The summed E-state index contributed by atoms with van der Waals surface area (Å²) in [4.78, 5) is 18.6. The highest BCUT2D eigenvalue weighted by atomic mass is 32.1. The number of rotatable bonds is 8. The molecular formula is C56H44N2O2S2. The average molecular weight is 841 g/mol. The third kappa shape index (κ3) is 5.87. The number of nitriles is 1. The lowest BCUT2D eigenvalue weighted by Gasteiger charge is -2.35. The predicted octanol–water partition coefficient (Wildman–Crippen LogP) is 13.5. The molecule has 1 N–H and O–H groups in total. The van der Waals surface area contributed by atoms with Crippen LogP contribution in [0.4, 0.5) is 5.69 Å². The molecule has 0 amide bonds. The number of carboxylic acids is 1. The van der Waals surface area contributed by atoms with Crippen molar-refractivity contribution in [3.8, 4) is 37.4 Å². The number of nitrogens with zero attached hydrogens (tertiary/aromatic N) is 2. The zero-order valence-corrected chi connectivity index (χ0v) is 37.1. The van der Waals surface area contributed by atoms with Gasteiger partial charge in [-0.05, 0) is 131 Å². The molecule has 6 heteroatoms. The van der Waals surface area contributed by atoms with E-state index in [1.807, 2.05) is 17.4 Å². The van der Waals surface area contributed by atoms with Gasteiger partial charge in [-0.3, -0.25) is 0 Å². The Bertz CT molecular complexity index is 3050. The number of fused-ring (bicyclic) bond motifs is 6. The maximum absolute atomic E-state index is 12.2. The molecule has 2 aliphatic carbocycles. The number of aliphatic carboxylic acids is 1. The van der Waals surface area contributed by atoms with E-state index in [1.165, 1.54) is 77.0 Å². The van der Waals surface area contributed by atoms with Crippen LogP contribution in [0.1, 0.15) is 71.6 Å². The van der Waals surface area contributed by atoms with E-state index in [0.29, 0.717) is 0 Å². The molecule has 302 valence electrons. The first kappa shape index (κ1) is 39.4. The summed E-state index contributed by atoms with van der Waals surface area (Å²) in [5.74, 6) is -1.23. The van der Waals surface area contributed by atoms with Crippen LogP contribution in [0.15, 0.2) is 151 Å². The number of aryl methyl sites for hydroxylation is 4. The van der Waals surface area contributed by atoms with E-state index in [2.05, 4.69) is 192 Å². The van der Waals surface area contributed by atoms with Crippen molar-refractivity contribution in [3.05, 3.63) is 223 Å². The average Bonchev–Trinajstić information content (AvgIpc) is 4.02. The zero-order chi connectivity index (χ0) is 43.1. The molecule has 0 aliphatic heterocycles. The monoisotopic (exact) mass is 840 g/mol. The summed E-state index contributed by atoms with van der Waals surface area (Å²) in [7, 11) is 4.15. The Labute approximate surface area is 371 Å². The van der Waals surface area contributed by atoms with Crippen LogP contribution in [0.5, 0.6) is 0 Å². The van der Waals surface area contributed by atoms with Crippen molar-refractivity contribution < 1.29 is 9.90 Å². The number of carboxylic acid groups (broad SMARTS) is 1. The Balaban J connectivity index is 1.35. The molecule has 0 fully saturated rings. The molecule has 6 aromatic carbocycles. The molecule has 0 atom stereocenters. The van der Waals surface area contributed by atoms with E-state index < -0.39 is 16.8 Å². The van der Waals surface area contributed by atoms with E-state index >= 15 is 0 Å². The van der Waals surface area contributed by atoms with Crippen LogP contribution < -0.4 is 4.90 Å². The van der Waals surface area contributed by atoms with E-state index in [0.717, 1.165) is 37.7 Å². The Morgan fingerprint density at radius 3 is 1.35 bits per heavy atom. The number of anilines is 1. The first-order chi connectivity index (χ1) is 29.9. The lowest BCUT2D eigenvalue weighted by molar-refractivity contribution is -0.132. The van der Waals surface area contributed by atoms with Gasteiger partial charge in [-0.15, -0.1) is 22.7 Å². The molecule has 0 radical (unpaired) electrons. The first-order valence-corrected chi connectivity index (χ1v) is 22.5. The maximum Gasteiger partial charge on any atom is 0.346 e. The molecule has 2 aliphatic rings. The fraction of sp³-hybridized carbons (Fsp3) is 0.143. The minimum Gasteiger partial charge on any atom is -0.477 e. The standard InChI is InChI=1S/C56H44N2O2S2/c1-33-7-17-39(18-8-33)55(40-19-9-34(2)10-20-40)47-30-46-48(29-45(47)52-49(55)28-44(61-52)27-38(32-57)54(59)60)56(41-21-11-35(3)12-22-41,42-23-13-36(4)14-24-42)50-31-51(62-53(46)50)37-15-25-43(26-16-37)58(5)6/h7-31H,1-6H3,(H,59,60)/b38-27+. The molecule has 62 heavy (non-hydrogen) atoms. The van der Waals surface area contributed by atoms with Crippen LogP contribution in [-0.2, 0) is 15.6 Å². The number of hydrogen-bond donors (Lipinski definition) is 1. The second kappa shape index (κ2) is 14.7. The largest absolute Gasteiger partial charge is 0.477 e. The fourth-order valence-electron chi connectivity index (χ4n) is 9.86. The molecule has 2 heterocycles. The van der Waals surface area contributed by atoms with Crippen LogP contribution >= 0.6 is 22.7 Å². The van der Waals surface area contributed by atoms with E-state index in [4.69, 9.17) is 0 Å². The third-order valence-corrected chi connectivity index (χ3v) is 15.3. The number of thiophene rings is 2. The Hall–Kier alpha value is -6.78. The molecular weight excluding hydrogens is 797 g/mol. The lowest BCUT2D eigenvalue weighted by atomic mass is 9.65. The summed E-state index contributed by atoms with van der Waals surface area (Å²) in [6, 6.07) is 56.2. The fourth-order valence-corrected chi connectivity index (χ4v) is 12.3. The molecule has 0 saturated heterocycles. The summed E-state index contributed by atoms with van der Waals surface area (Å²) < 4.78 is 0. The molecule has 8 aromatic rings. The van der Waals surface area contributed by atoms with Crippen LogP contribution in [0.25, 0.3) is 37.4 Å². The van der Waals surface area contributed by atoms with Gasteiger partial charge in [0.05, 0.1) is 10.8 Å². The predicted molar refractivity (Wildman–Crippen MR) is 257 cm³/mol. The van der Waals surface area contributed by atoms with Crippen LogP contribution in [0.2, 0.25) is 0 Å². The molecule has 0 spiro atoms. The number of benzene rings is 6. The van der Waals surface area contributed by atoms with Crippen LogP contribution in [-0.4, -0.2) is 25.2 Å². The van der Waals surface area contributed by atoms with Gasteiger partial charge in [0.25, 0.3) is 0 Å². The zero-order valence-electron chi connectivity index (χ0n) is 35.5. The van der Waals surface area contributed by atoms with Gasteiger partial charge in [0.15, 0.2) is 0 Å². The van der Waals surface area contributed by atoms with Crippen LogP contribution in [0.3, 0.4) is 0 Å². The third-order valence-electron chi connectivity index (χ3n) is 13.0. The summed E-state index contributed by atoms with van der Waals surface area (Å²) in [6.45, 7) is 8.52. The second-order valence-corrected chi connectivity index (χ2v) is 19.2. The first-order valence-electron chi connectivity index (χ1n) is 20.8. The highest BCUT2D eigenvalue weighted by molar-refractivity contribution is 7.19. The summed E-state index contributed by atoms with van der Waals surface area (Å²) in [5.41, 5.74) is 17.2. The van der Waals surface area contributed by atoms with Crippen molar-refractivity contribution in [3.63, 3.8) is 0 Å². The van der Waals surface area contributed by atoms with Crippen LogP contribution in [0, 0.1) is 39.0 Å². The number of hydrogen-bond acceptors (Lipinski definition) is 5. The molecule has 0 bridgehead atoms. The van der Waals surface area contributed by atoms with Crippen molar-refractivity contribution in [2.45, 2.75) is 38.5 Å². The van der Waals surface area contributed by atoms with E-state index in [-0.39, 0.29) is 5.57 Å². The van der Waals surface area contributed by atoms with Gasteiger partial charge < -0.3 is 10.0 Å². The summed E-state index contributed by atoms with van der Waals surface area (Å²) in [5, 5.41) is 19.9. The smallest absolute Gasteiger partial charge is 0.346 e. The molecule has 0 unspecified atom stereocenters. The van der Waals surface area contributed by atoms with Gasteiger partial charge in [0, 0.05) is 39.3 Å². The molecule has 0 saturated carbocycles. The van der Waals surface area contributed by atoms with Gasteiger partial charge >= 0.3 is 5.97 Å². The van der Waals surface area contributed by atoms with Crippen molar-refractivity contribution in [1.82, 2.24) is 0 Å². The van der Waals surface area contributed by atoms with Gasteiger partial charge in [-0.1, -0.05) is 131 Å². The Morgan fingerprint density at radius 2 is 0.968 bits per heavy atom. The Morgan fingerprint density at radius 1 is 0.565 bits per heavy atom. The molecule has 4 nitrogen and oxygen atoms in total. The van der Waals surface area contributed by atoms with Gasteiger partial charge in [-0.2, -0.15) is 5.26 Å². The normalized spacial score (nSPS) is 14.1. The number of carbonyl (C=O) groups is 1. The quantitative estimate of drug-likeness (QED) is 0.122. The topological polar surface area (TPSA) is 64.3 Å². The summed E-state index contributed by atoms with van der Waals surface area (Å²) in [6.07, 6.45) is 1.53. The Kier molecular flexibility index (Phi) is 9.33. The molecule has 10 rings (SSSR count). The van der Waals surface area contributed by atoms with E-state index in [1.54, 1.807) is 11.3 Å². The maximum atomic E-state index is 12.2. The van der Waals surface area contributed by atoms with Gasteiger partial charge in [0.2, 0.25) is 0 Å². The lowest BCUT2D eigenvalue weighted by Crippen LogP contribution is -2.30. The van der Waals surface area contributed by atoms with Crippen molar-refractivity contribution >= 4 is 40.4 Å². The minimum atomic E-state index is -1.23.